The van der Waals surface area contributed by atoms with Crippen LogP contribution in [0.5, 0.6) is 5.75 Å². The molecule has 2 aliphatic carbocycles. The Balaban J connectivity index is 1.75. The van der Waals surface area contributed by atoms with Crippen LogP contribution in [0.25, 0.3) is 16.3 Å². The molecule has 0 radical (unpaired) electrons. The number of ketones is 1. The van der Waals surface area contributed by atoms with Gasteiger partial charge in [-0.1, -0.05) is 31.2 Å². The third kappa shape index (κ3) is 2.49. The van der Waals surface area contributed by atoms with Crippen molar-refractivity contribution in [3.8, 4) is 5.75 Å². The predicted molar refractivity (Wildman–Crippen MR) is 101 cm³/mol. The molecule has 0 unspecified atom stereocenters. The number of phenolic OH excluding ortho intramolecular Hbond substituents is 1. The molecule has 0 spiro atoms. The number of benzene rings is 2. The molecular weight excluding hydrogens is 344 g/mol. The van der Waals surface area contributed by atoms with Crippen molar-refractivity contribution >= 4 is 28.1 Å². The number of aromatic hydroxyl groups is 1. The molecule has 2 aromatic carbocycles. The molecule has 2 aromatic rings. The molecule has 0 saturated heterocycles. The lowest BCUT2D eigenvalue weighted by molar-refractivity contribution is -0.158. The van der Waals surface area contributed by atoms with E-state index in [1.165, 1.54) is 12.5 Å². The van der Waals surface area contributed by atoms with Crippen LogP contribution in [0.3, 0.4) is 0 Å². The van der Waals surface area contributed by atoms with E-state index in [1.54, 1.807) is 12.1 Å². The van der Waals surface area contributed by atoms with Crippen molar-refractivity contribution in [2.45, 2.75) is 38.7 Å². The third-order valence-electron chi connectivity index (χ3n) is 6.26. The molecule has 2 N–H and O–H groups in total. The number of hydrogen-bond acceptors (Lipinski definition) is 5. The summed E-state index contributed by atoms with van der Waals surface area (Å²) < 4.78 is 4.85. The molecular formula is C22H22O5. The SMILES string of the molecule is CC(=O)OCC(=O)[C@@]1(O)CC=C2c3ccc4cc(O)ccc4c3CC[C@@]21C. The molecule has 4 rings (SSSR count). The van der Waals surface area contributed by atoms with Gasteiger partial charge in [-0.25, -0.2) is 0 Å². The van der Waals surface area contributed by atoms with Crippen LogP contribution in [0.4, 0.5) is 0 Å². The number of Topliss-reactive ketones (excluding diaryl/α,β-unsaturated/α-hetero) is 1. The second-order valence-electron chi connectivity index (χ2n) is 7.71. The van der Waals surface area contributed by atoms with Crippen molar-refractivity contribution < 1.29 is 24.5 Å². The number of aliphatic hydroxyl groups is 1. The molecule has 2 aliphatic rings. The molecule has 0 heterocycles. The molecule has 0 bridgehead atoms. The fourth-order valence-electron chi connectivity index (χ4n) is 4.66. The summed E-state index contributed by atoms with van der Waals surface area (Å²) in [4.78, 5) is 23.8. The van der Waals surface area contributed by atoms with Crippen LogP contribution in [0, 0.1) is 5.41 Å². The van der Waals surface area contributed by atoms with Gasteiger partial charge < -0.3 is 14.9 Å². The van der Waals surface area contributed by atoms with Crippen LogP contribution in [0.2, 0.25) is 0 Å². The summed E-state index contributed by atoms with van der Waals surface area (Å²) in [6.07, 6.45) is 3.49. The lowest BCUT2D eigenvalue weighted by Gasteiger charge is -2.44. The fourth-order valence-corrected chi connectivity index (χ4v) is 4.66. The fraction of sp³-hybridized carbons (Fsp3) is 0.364. The van der Waals surface area contributed by atoms with Crippen LogP contribution in [0.15, 0.2) is 36.4 Å². The summed E-state index contributed by atoms with van der Waals surface area (Å²) in [5, 5.41) is 23.1. The van der Waals surface area contributed by atoms with Gasteiger partial charge in [0.05, 0.1) is 0 Å². The van der Waals surface area contributed by atoms with Crippen molar-refractivity contribution in [1.82, 2.24) is 0 Å². The van der Waals surface area contributed by atoms with E-state index >= 15 is 0 Å². The van der Waals surface area contributed by atoms with Gasteiger partial charge in [0.2, 0.25) is 5.78 Å². The minimum Gasteiger partial charge on any atom is -0.508 e. The van der Waals surface area contributed by atoms with E-state index in [0.29, 0.717) is 12.8 Å². The first-order valence-electron chi connectivity index (χ1n) is 9.11. The highest BCUT2D eigenvalue weighted by atomic mass is 16.5. The Bertz CT molecular complexity index is 1010. The maximum Gasteiger partial charge on any atom is 0.303 e. The number of fused-ring (bicyclic) bond motifs is 5. The largest absolute Gasteiger partial charge is 0.508 e. The second-order valence-corrected chi connectivity index (χ2v) is 7.71. The molecule has 5 heteroatoms. The lowest BCUT2D eigenvalue weighted by Crippen LogP contribution is -2.53. The van der Waals surface area contributed by atoms with Crippen molar-refractivity contribution in [3.05, 3.63) is 47.5 Å². The molecule has 0 aromatic heterocycles. The number of aryl methyl sites for hydroxylation is 1. The molecule has 140 valence electrons. The van der Waals surface area contributed by atoms with Crippen LogP contribution in [-0.4, -0.2) is 34.2 Å². The van der Waals surface area contributed by atoms with Gasteiger partial charge in [0.25, 0.3) is 0 Å². The topological polar surface area (TPSA) is 83.8 Å². The molecule has 0 amide bonds. The first kappa shape index (κ1) is 17.7. The second kappa shape index (κ2) is 5.92. The van der Waals surface area contributed by atoms with Gasteiger partial charge in [-0.15, -0.1) is 0 Å². The maximum atomic E-state index is 12.7. The predicted octanol–water partition coefficient (Wildman–Crippen LogP) is 3.15. The van der Waals surface area contributed by atoms with E-state index < -0.39 is 29.4 Å². The molecule has 0 fully saturated rings. The average Bonchev–Trinajstić information content (AvgIpc) is 2.91. The zero-order valence-electron chi connectivity index (χ0n) is 15.4. The first-order valence-corrected chi connectivity index (χ1v) is 9.11. The number of carbonyl (C=O) groups excluding carboxylic acids is 2. The Morgan fingerprint density at radius 1 is 1.22 bits per heavy atom. The van der Waals surface area contributed by atoms with Crippen molar-refractivity contribution in [2.24, 2.45) is 5.41 Å². The number of phenols is 1. The van der Waals surface area contributed by atoms with Crippen LogP contribution >= 0.6 is 0 Å². The van der Waals surface area contributed by atoms with Crippen LogP contribution in [-0.2, 0) is 20.7 Å². The molecule has 0 aliphatic heterocycles. The van der Waals surface area contributed by atoms with E-state index in [-0.39, 0.29) is 12.2 Å². The van der Waals surface area contributed by atoms with Gasteiger partial charge in [0.1, 0.15) is 11.4 Å². The Labute approximate surface area is 157 Å². The van der Waals surface area contributed by atoms with Gasteiger partial charge in [-0.3, -0.25) is 9.59 Å². The number of ether oxygens (including phenoxy) is 1. The highest BCUT2D eigenvalue weighted by molar-refractivity contribution is 5.99. The van der Waals surface area contributed by atoms with Gasteiger partial charge in [-0.05, 0) is 52.4 Å². The minimum atomic E-state index is -1.57. The molecule has 0 saturated carbocycles. The maximum absolute atomic E-state index is 12.7. The molecule has 2 atom stereocenters. The van der Waals surface area contributed by atoms with Crippen molar-refractivity contribution in [3.63, 3.8) is 0 Å². The first-order chi connectivity index (χ1) is 12.8. The summed E-state index contributed by atoms with van der Waals surface area (Å²) in [7, 11) is 0. The van der Waals surface area contributed by atoms with Crippen molar-refractivity contribution in [2.75, 3.05) is 6.61 Å². The van der Waals surface area contributed by atoms with E-state index in [1.807, 2.05) is 31.2 Å². The summed E-state index contributed by atoms with van der Waals surface area (Å²) in [5.74, 6) is -0.763. The Morgan fingerprint density at radius 2 is 2.00 bits per heavy atom. The van der Waals surface area contributed by atoms with Gasteiger partial charge >= 0.3 is 5.97 Å². The van der Waals surface area contributed by atoms with Crippen LogP contribution in [0.1, 0.15) is 37.8 Å². The summed E-state index contributed by atoms with van der Waals surface area (Å²) in [6, 6.07) is 9.30. The zero-order chi connectivity index (χ0) is 19.4. The summed E-state index contributed by atoms with van der Waals surface area (Å²) >= 11 is 0. The lowest BCUT2D eigenvalue weighted by atomic mass is 9.62. The number of carbonyl (C=O) groups is 2. The number of esters is 1. The third-order valence-corrected chi connectivity index (χ3v) is 6.26. The Kier molecular flexibility index (Phi) is 3.89. The smallest absolute Gasteiger partial charge is 0.303 e. The van der Waals surface area contributed by atoms with E-state index in [2.05, 4.69) is 0 Å². The van der Waals surface area contributed by atoms with Gasteiger partial charge in [-0.2, -0.15) is 0 Å². The molecule has 27 heavy (non-hydrogen) atoms. The summed E-state index contributed by atoms with van der Waals surface area (Å²) in [5.41, 5.74) is 0.893. The van der Waals surface area contributed by atoms with Gasteiger partial charge in [0, 0.05) is 18.8 Å². The number of rotatable bonds is 3. The molecule has 5 nitrogen and oxygen atoms in total. The van der Waals surface area contributed by atoms with Crippen LogP contribution < -0.4 is 0 Å². The monoisotopic (exact) mass is 366 g/mol. The van der Waals surface area contributed by atoms with E-state index in [9.17, 15) is 19.8 Å². The average molecular weight is 366 g/mol. The Hall–Kier alpha value is -2.66. The van der Waals surface area contributed by atoms with Gasteiger partial charge in [0.15, 0.2) is 6.61 Å². The van der Waals surface area contributed by atoms with E-state index in [4.69, 9.17) is 4.74 Å². The normalized spacial score (nSPS) is 26.3. The minimum absolute atomic E-state index is 0.214. The number of hydrogen-bond donors (Lipinski definition) is 2. The highest BCUT2D eigenvalue weighted by Crippen LogP contribution is 2.58. The van der Waals surface area contributed by atoms with E-state index in [0.717, 1.165) is 21.9 Å². The standard InChI is InChI=1S/C22H22O5/c1-13(23)27-12-20(25)22(26)10-8-19-18-5-3-14-11-15(24)4-6-16(14)17(18)7-9-21(19,22)2/h3-6,8,11,24,26H,7,9-10,12H2,1-2H3/t21-,22-/m0/s1. The Morgan fingerprint density at radius 3 is 2.74 bits per heavy atom. The summed E-state index contributed by atoms with van der Waals surface area (Å²) in [6.45, 7) is 2.75. The van der Waals surface area contributed by atoms with Crippen molar-refractivity contribution in [1.29, 1.82) is 0 Å². The zero-order valence-corrected chi connectivity index (χ0v) is 15.4. The quantitative estimate of drug-likeness (QED) is 0.816. The highest BCUT2D eigenvalue weighted by Gasteiger charge is 2.58.